The maximum Gasteiger partial charge on any atom is 0.432 e. The molecule has 1 rings (SSSR count). The minimum atomic E-state index is -5.07. The van der Waals surface area contributed by atoms with Gasteiger partial charge < -0.3 is 14.2 Å². The molecular weight excluding hydrogens is 389 g/mol. The largest absolute Gasteiger partial charge is 0.469 e. The molecule has 0 aliphatic heterocycles. The van der Waals surface area contributed by atoms with Crippen molar-refractivity contribution in [2.75, 3.05) is 14.2 Å². The van der Waals surface area contributed by atoms with Gasteiger partial charge in [0, 0.05) is 19.1 Å². The van der Waals surface area contributed by atoms with Gasteiger partial charge in [-0.3, -0.25) is 4.79 Å². The molecule has 29 heavy (non-hydrogen) atoms. The summed E-state index contributed by atoms with van der Waals surface area (Å²) in [6, 6.07) is 6.54. The molecule has 0 unspecified atom stereocenters. The Kier molecular flexibility index (Phi) is 9.61. The van der Waals surface area contributed by atoms with E-state index in [0.29, 0.717) is 0 Å². The molecule has 1 aromatic carbocycles. The van der Waals surface area contributed by atoms with Crippen LogP contribution in [0.4, 0.5) is 13.2 Å². The number of esters is 2. The molecular formula is C21H25F3O5. The molecule has 0 saturated carbocycles. The highest BCUT2D eigenvalue weighted by Gasteiger charge is 2.64. The summed E-state index contributed by atoms with van der Waals surface area (Å²) < 4.78 is 56.3. The first kappa shape index (κ1) is 24.4. The number of hydrogen-bond acceptors (Lipinski definition) is 5. The lowest BCUT2D eigenvalue weighted by Crippen LogP contribution is -2.52. The third kappa shape index (κ3) is 6.45. The summed E-state index contributed by atoms with van der Waals surface area (Å²) in [4.78, 5) is 24.1. The van der Waals surface area contributed by atoms with Crippen LogP contribution in [0.5, 0.6) is 0 Å². The Morgan fingerprint density at radius 1 is 1.10 bits per heavy atom. The van der Waals surface area contributed by atoms with Gasteiger partial charge in [-0.25, -0.2) is 4.79 Å². The zero-order valence-corrected chi connectivity index (χ0v) is 16.6. The van der Waals surface area contributed by atoms with Crippen molar-refractivity contribution < 1.29 is 37.0 Å². The maximum atomic E-state index is 14.0. The van der Waals surface area contributed by atoms with E-state index in [9.17, 15) is 22.8 Å². The van der Waals surface area contributed by atoms with Crippen LogP contribution in [0.25, 0.3) is 0 Å². The zero-order valence-electron chi connectivity index (χ0n) is 16.6. The number of alkyl halides is 3. The first-order valence-electron chi connectivity index (χ1n) is 9.01. The van der Waals surface area contributed by atoms with Crippen LogP contribution in [-0.4, -0.2) is 38.4 Å². The van der Waals surface area contributed by atoms with Crippen molar-refractivity contribution in [3.05, 3.63) is 60.2 Å². The zero-order chi connectivity index (χ0) is 21.9. The van der Waals surface area contributed by atoms with Crippen LogP contribution in [0.3, 0.4) is 0 Å². The molecule has 0 fully saturated rings. The normalized spacial score (nSPS) is 15.2. The van der Waals surface area contributed by atoms with E-state index in [4.69, 9.17) is 9.47 Å². The number of halogens is 3. The van der Waals surface area contributed by atoms with Gasteiger partial charge in [-0.1, -0.05) is 55.5 Å². The summed E-state index contributed by atoms with van der Waals surface area (Å²) in [5.74, 6) is -2.18. The molecule has 0 aromatic heterocycles. The molecule has 5 nitrogen and oxygen atoms in total. The minimum absolute atomic E-state index is 0.0404. The van der Waals surface area contributed by atoms with E-state index in [-0.39, 0.29) is 12.8 Å². The van der Waals surface area contributed by atoms with Crippen molar-refractivity contribution in [3.63, 3.8) is 0 Å². The molecule has 0 aliphatic carbocycles. The van der Waals surface area contributed by atoms with Crippen LogP contribution in [0.15, 0.2) is 54.6 Å². The number of allylic oxidation sites excluding steroid dienone is 3. The molecule has 0 spiro atoms. The van der Waals surface area contributed by atoms with Crippen LogP contribution < -0.4 is 0 Å². The number of hydrogen-bond donors (Lipinski definition) is 0. The summed E-state index contributed by atoms with van der Waals surface area (Å²) >= 11 is 0. The molecule has 0 aliphatic rings. The third-order valence-electron chi connectivity index (χ3n) is 4.10. The van der Waals surface area contributed by atoms with Crippen LogP contribution in [0.2, 0.25) is 0 Å². The summed E-state index contributed by atoms with van der Waals surface area (Å²) in [6.07, 6.45) is 0.875. The standard InChI is InChI=1S/C21H25F3O5/c1-4-5-6-10-13-17(14-15-18(25)27-2)29-19(26)20(28-3,21(22,23)24)16-11-8-7-9-12-16/h5-13,17H,4,14-15H2,1-3H3/b6-5+,13-10+/t17-,20-/m1/s1. The van der Waals surface area contributed by atoms with Crippen molar-refractivity contribution in [1.82, 2.24) is 0 Å². The Hall–Kier alpha value is -2.61. The van der Waals surface area contributed by atoms with Gasteiger partial charge in [0.2, 0.25) is 0 Å². The number of rotatable bonds is 10. The van der Waals surface area contributed by atoms with E-state index in [1.54, 1.807) is 12.2 Å². The Balaban J connectivity index is 3.21. The van der Waals surface area contributed by atoms with Crippen molar-refractivity contribution >= 4 is 11.9 Å². The van der Waals surface area contributed by atoms with Gasteiger partial charge >= 0.3 is 18.1 Å². The predicted molar refractivity (Wildman–Crippen MR) is 101 cm³/mol. The lowest BCUT2D eigenvalue weighted by atomic mass is 9.92. The maximum absolute atomic E-state index is 14.0. The highest BCUT2D eigenvalue weighted by Crippen LogP contribution is 2.43. The van der Waals surface area contributed by atoms with Gasteiger partial charge in [-0.05, 0) is 18.9 Å². The molecule has 160 valence electrons. The minimum Gasteiger partial charge on any atom is -0.469 e. The molecule has 0 N–H and O–H groups in total. The second-order valence-electron chi connectivity index (χ2n) is 6.03. The Morgan fingerprint density at radius 3 is 2.28 bits per heavy atom. The highest BCUT2D eigenvalue weighted by atomic mass is 19.4. The van der Waals surface area contributed by atoms with E-state index >= 15 is 0 Å². The van der Waals surface area contributed by atoms with E-state index in [2.05, 4.69) is 4.74 Å². The van der Waals surface area contributed by atoms with E-state index in [1.165, 1.54) is 31.4 Å². The van der Waals surface area contributed by atoms with Gasteiger partial charge in [-0.15, -0.1) is 0 Å². The smallest absolute Gasteiger partial charge is 0.432 e. The van der Waals surface area contributed by atoms with Crippen molar-refractivity contribution in [2.45, 2.75) is 44.1 Å². The SMILES string of the molecule is CC/C=C/C=C/[C@H](CCC(=O)OC)OC(=O)[C@](OC)(c1ccccc1)C(F)(F)F. The Labute approximate surface area is 168 Å². The fourth-order valence-corrected chi connectivity index (χ4v) is 2.57. The van der Waals surface area contributed by atoms with Gasteiger partial charge in [0.1, 0.15) is 6.10 Å². The molecule has 1 aromatic rings. The first-order chi connectivity index (χ1) is 13.7. The van der Waals surface area contributed by atoms with Crippen LogP contribution >= 0.6 is 0 Å². The van der Waals surface area contributed by atoms with Crippen LogP contribution in [-0.2, 0) is 29.4 Å². The molecule has 0 saturated heterocycles. The fraction of sp³-hybridized carbons (Fsp3) is 0.429. The number of methoxy groups -OCH3 is 2. The summed E-state index contributed by atoms with van der Waals surface area (Å²) in [7, 11) is 1.99. The monoisotopic (exact) mass is 414 g/mol. The first-order valence-corrected chi connectivity index (χ1v) is 9.01. The van der Waals surface area contributed by atoms with Crippen molar-refractivity contribution in [3.8, 4) is 0 Å². The summed E-state index contributed by atoms with van der Waals surface area (Å²) in [5, 5.41) is 0. The lowest BCUT2D eigenvalue weighted by Gasteiger charge is -2.33. The second kappa shape index (κ2) is 11.4. The average Bonchev–Trinajstić information content (AvgIpc) is 2.69. The van der Waals surface area contributed by atoms with Gasteiger partial charge in [0.05, 0.1) is 7.11 Å². The van der Waals surface area contributed by atoms with Gasteiger partial charge in [0.25, 0.3) is 5.60 Å². The average molecular weight is 414 g/mol. The van der Waals surface area contributed by atoms with Gasteiger partial charge in [-0.2, -0.15) is 13.2 Å². The number of ether oxygens (including phenoxy) is 3. The fourth-order valence-electron chi connectivity index (χ4n) is 2.57. The second-order valence-corrected chi connectivity index (χ2v) is 6.03. The topological polar surface area (TPSA) is 61.8 Å². The van der Waals surface area contributed by atoms with Crippen LogP contribution in [0, 0.1) is 0 Å². The van der Waals surface area contributed by atoms with E-state index in [1.807, 2.05) is 13.0 Å². The van der Waals surface area contributed by atoms with E-state index in [0.717, 1.165) is 25.7 Å². The summed E-state index contributed by atoms with van der Waals surface area (Å²) in [6.45, 7) is 1.91. The number of carbonyl (C=O) groups is 2. The highest BCUT2D eigenvalue weighted by molar-refractivity contribution is 5.83. The number of benzene rings is 1. The molecule has 8 heteroatoms. The van der Waals surface area contributed by atoms with Crippen molar-refractivity contribution in [1.29, 1.82) is 0 Å². The molecule has 0 bridgehead atoms. The summed E-state index contributed by atoms with van der Waals surface area (Å²) in [5.41, 5.74) is -3.69. The molecule has 0 amide bonds. The molecule has 2 atom stereocenters. The lowest BCUT2D eigenvalue weighted by molar-refractivity contribution is -0.277. The van der Waals surface area contributed by atoms with Crippen LogP contribution in [0.1, 0.15) is 31.7 Å². The quantitative estimate of drug-likeness (QED) is 0.417. The Morgan fingerprint density at radius 2 is 1.76 bits per heavy atom. The molecule has 0 heterocycles. The predicted octanol–water partition coefficient (Wildman–Crippen LogP) is 4.48. The number of carbonyl (C=O) groups excluding carboxylic acids is 2. The molecule has 0 radical (unpaired) electrons. The third-order valence-corrected chi connectivity index (χ3v) is 4.10. The van der Waals surface area contributed by atoms with E-state index < -0.39 is 35.4 Å². The Bertz CT molecular complexity index is 713. The van der Waals surface area contributed by atoms with Crippen molar-refractivity contribution in [2.24, 2.45) is 0 Å². The van der Waals surface area contributed by atoms with Gasteiger partial charge in [0.15, 0.2) is 0 Å².